The lowest BCUT2D eigenvalue weighted by atomic mass is 9.85. The summed E-state index contributed by atoms with van der Waals surface area (Å²) >= 11 is 0. The first-order valence-corrected chi connectivity index (χ1v) is 8.12. The number of nitrogens with zero attached hydrogens (tertiary/aromatic N) is 4. The van der Waals surface area contributed by atoms with Crippen LogP contribution in [0.5, 0.6) is 0 Å². The molecule has 8 nitrogen and oxygen atoms in total. The molecule has 0 saturated heterocycles. The molecule has 1 amide bonds. The van der Waals surface area contributed by atoms with Crippen LogP contribution in [-0.2, 0) is 7.05 Å². The van der Waals surface area contributed by atoms with E-state index in [1.165, 1.54) is 22.6 Å². The topological polar surface area (TPSA) is 94.9 Å². The van der Waals surface area contributed by atoms with E-state index in [1.54, 1.807) is 12.1 Å². The maximum absolute atomic E-state index is 12.5. The SMILES string of the molecule is Cn1nc(NC(=O)c2coc(C3CCC3)n2)n(-c2ccccc2)c1=O. The largest absolute Gasteiger partial charge is 0.448 e. The van der Waals surface area contributed by atoms with Crippen LogP contribution in [0, 0.1) is 0 Å². The fraction of sp³-hybridized carbons (Fsp3) is 0.294. The van der Waals surface area contributed by atoms with Crippen LogP contribution in [0.1, 0.15) is 41.6 Å². The number of carbonyl (C=O) groups is 1. The average molecular weight is 339 g/mol. The Bertz CT molecular complexity index is 966. The number of hydrogen-bond donors (Lipinski definition) is 1. The molecule has 1 aromatic carbocycles. The zero-order valence-electron chi connectivity index (χ0n) is 13.7. The van der Waals surface area contributed by atoms with Crippen molar-refractivity contribution in [1.29, 1.82) is 0 Å². The molecule has 1 fully saturated rings. The van der Waals surface area contributed by atoms with E-state index in [0.717, 1.165) is 19.3 Å². The zero-order chi connectivity index (χ0) is 17.4. The van der Waals surface area contributed by atoms with Crippen molar-refractivity contribution in [2.45, 2.75) is 25.2 Å². The fourth-order valence-electron chi connectivity index (χ4n) is 2.76. The van der Waals surface area contributed by atoms with Gasteiger partial charge in [0.25, 0.3) is 5.91 Å². The first-order valence-electron chi connectivity index (χ1n) is 8.12. The number of anilines is 1. The molecule has 0 aliphatic heterocycles. The summed E-state index contributed by atoms with van der Waals surface area (Å²) in [6, 6.07) is 9.00. The van der Waals surface area contributed by atoms with Crippen molar-refractivity contribution in [1.82, 2.24) is 19.3 Å². The van der Waals surface area contributed by atoms with Gasteiger partial charge in [-0.25, -0.2) is 19.0 Å². The van der Waals surface area contributed by atoms with Crippen LogP contribution in [0.2, 0.25) is 0 Å². The number of para-hydroxylation sites is 1. The van der Waals surface area contributed by atoms with E-state index in [-0.39, 0.29) is 17.3 Å². The van der Waals surface area contributed by atoms with Gasteiger partial charge < -0.3 is 4.42 Å². The van der Waals surface area contributed by atoms with Crippen molar-refractivity contribution in [2.24, 2.45) is 7.05 Å². The van der Waals surface area contributed by atoms with Gasteiger partial charge in [-0.15, -0.1) is 5.10 Å². The summed E-state index contributed by atoms with van der Waals surface area (Å²) < 4.78 is 7.92. The summed E-state index contributed by atoms with van der Waals surface area (Å²) in [5.41, 5.74) is 0.447. The first kappa shape index (κ1) is 15.4. The third kappa shape index (κ3) is 2.75. The number of oxazole rings is 1. The lowest BCUT2D eigenvalue weighted by Crippen LogP contribution is -2.23. The van der Waals surface area contributed by atoms with Crippen molar-refractivity contribution in [3.63, 3.8) is 0 Å². The Morgan fingerprint density at radius 1 is 1.28 bits per heavy atom. The first-order chi connectivity index (χ1) is 12.1. The lowest BCUT2D eigenvalue weighted by Gasteiger charge is -2.21. The fourth-order valence-corrected chi connectivity index (χ4v) is 2.76. The molecule has 3 aromatic rings. The minimum Gasteiger partial charge on any atom is -0.448 e. The van der Waals surface area contributed by atoms with Gasteiger partial charge in [0.15, 0.2) is 11.6 Å². The number of rotatable bonds is 4. The van der Waals surface area contributed by atoms with Gasteiger partial charge in [-0.3, -0.25) is 10.1 Å². The minimum absolute atomic E-state index is 0.136. The number of aryl methyl sites for hydroxylation is 1. The summed E-state index contributed by atoms with van der Waals surface area (Å²) in [5.74, 6) is 0.575. The number of aromatic nitrogens is 4. The second-order valence-electron chi connectivity index (χ2n) is 6.05. The second-order valence-corrected chi connectivity index (χ2v) is 6.05. The van der Waals surface area contributed by atoms with Crippen molar-refractivity contribution >= 4 is 11.9 Å². The summed E-state index contributed by atoms with van der Waals surface area (Å²) in [5, 5.41) is 6.74. The monoisotopic (exact) mass is 339 g/mol. The highest BCUT2D eigenvalue weighted by molar-refractivity contribution is 6.01. The molecule has 25 heavy (non-hydrogen) atoms. The van der Waals surface area contributed by atoms with E-state index in [4.69, 9.17) is 4.42 Å². The van der Waals surface area contributed by atoms with Crippen LogP contribution < -0.4 is 11.0 Å². The Kier molecular flexibility index (Phi) is 3.72. The molecule has 1 aliphatic carbocycles. The molecule has 0 bridgehead atoms. The molecular formula is C17H17N5O3. The Balaban J connectivity index is 1.62. The maximum atomic E-state index is 12.5. The Hall–Kier alpha value is -3.16. The van der Waals surface area contributed by atoms with E-state index in [0.29, 0.717) is 17.5 Å². The molecule has 128 valence electrons. The van der Waals surface area contributed by atoms with E-state index in [9.17, 15) is 9.59 Å². The van der Waals surface area contributed by atoms with E-state index in [1.807, 2.05) is 18.2 Å². The van der Waals surface area contributed by atoms with Gasteiger partial charge in [0, 0.05) is 13.0 Å². The second kappa shape index (κ2) is 6.04. The normalized spacial score (nSPS) is 14.3. The van der Waals surface area contributed by atoms with E-state index < -0.39 is 5.91 Å². The van der Waals surface area contributed by atoms with Gasteiger partial charge in [0.1, 0.15) is 6.26 Å². The smallest absolute Gasteiger partial charge is 0.351 e. The van der Waals surface area contributed by atoms with Gasteiger partial charge in [-0.2, -0.15) is 0 Å². The van der Waals surface area contributed by atoms with Gasteiger partial charge >= 0.3 is 5.69 Å². The molecule has 2 heterocycles. The number of carbonyl (C=O) groups excluding carboxylic acids is 1. The molecule has 2 aromatic heterocycles. The van der Waals surface area contributed by atoms with Crippen molar-refractivity contribution in [2.75, 3.05) is 5.32 Å². The summed E-state index contributed by atoms with van der Waals surface area (Å²) in [6.07, 6.45) is 4.58. The van der Waals surface area contributed by atoms with Crippen LogP contribution in [0.15, 0.2) is 45.8 Å². The van der Waals surface area contributed by atoms with E-state index in [2.05, 4.69) is 15.4 Å². The molecule has 0 radical (unpaired) electrons. The van der Waals surface area contributed by atoms with Gasteiger partial charge in [0.05, 0.1) is 5.69 Å². The standard InChI is InChI=1S/C17H17N5O3/c1-21-17(24)22(12-8-3-2-4-9-12)16(20-21)19-14(23)13-10-25-15(18-13)11-6-5-7-11/h2-4,8-11H,5-7H2,1H3,(H,19,20,23). The molecule has 0 unspecified atom stereocenters. The van der Waals surface area contributed by atoms with Gasteiger partial charge in [-0.1, -0.05) is 24.6 Å². The predicted octanol–water partition coefficient (Wildman–Crippen LogP) is 2.08. The van der Waals surface area contributed by atoms with E-state index >= 15 is 0 Å². The van der Waals surface area contributed by atoms with Crippen LogP contribution >= 0.6 is 0 Å². The molecule has 1 N–H and O–H groups in total. The van der Waals surface area contributed by atoms with Crippen LogP contribution in [0.3, 0.4) is 0 Å². The van der Waals surface area contributed by atoms with Crippen LogP contribution in [0.4, 0.5) is 5.95 Å². The highest BCUT2D eigenvalue weighted by Gasteiger charge is 2.26. The lowest BCUT2D eigenvalue weighted by molar-refractivity contribution is 0.102. The maximum Gasteiger partial charge on any atom is 0.351 e. The van der Waals surface area contributed by atoms with Gasteiger partial charge in [-0.05, 0) is 25.0 Å². The number of amides is 1. The number of benzene rings is 1. The van der Waals surface area contributed by atoms with Crippen molar-refractivity contribution < 1.29 is 9.21 Å². The Labute approximate surface area is 143 Å². The molecule has 0 spiro atoms. The molecule has 8 heteroatoms. The predicted molar refractivity (Wildman–Crippen MR) is 89.9 cm³/mol. The molecular weight excluding hydrogens is 322 g/mol. The summed E-state index contributed by atoms with van der Waals surface area (Å²) in [4.78, 5) is 29.0. The van der Waals surface area contributed by atoms with Gasteiger partial charge in [0.2, 0.25) is 5.95 Å². The third-order valence-electron chi connectivity index (χ3n) is 4.37. The van der Waals surface area contributed by atoms with Crippen LogP contribution in [0.25, 0.3) is 5.69 Å². The summed E-state index contributed by atoms with van der Waals surface area (Å²) in [6.45, 7) is 0. The van der Waals surface area contributed by atoms with Crippen molar-refractivity contribution in [3.8, 4) is 5.69 Å². The third-order valence-corrected chi connectivity index (χ3v) is 4.37. The summed E-state index contributed by atoms with van der Waals surface area (Å²) in [7, 11) is 1.53. The highest BCUT2D eigenvalue weighted by atomic mass is 16.3. The zero-order valence-corrected chi connectivity index (χ0v) is 13.7. The quantitative estimate of drug-likeness (QED) is 0.785. The molecule has 0 atom stereocenters. The average Bonchev–Trinajstić information content (AvgIpc) is 3.13. The van der Waals surface area contributed by atoms with Crippen LogP contribution in [-0.4, -0.2) is 25.2 Å². The Morgan fingerprint density at radius 2 is 2.04 bits per heavy atom. The number of hydrogen-bond acceptors (Lipinski definition) is 5. The number of nitrogens with one attached hydrogen (secondary N) is 1. The molecule has 1 aliphatic rings. The minimum atomic E-state index is -0.461. The molecule has 4 rings (SSSR count). The highest BCUT2D eigenvalue weighted by Crippen LogP contribution is 2.35. The van der Waals surface area contributed by atoms with Crippen molar-refractivity contribution in [3.05, 3.63) is 58.7 Å². The molecule has 1 saturated carbocycles. The Morgan fingerprint density at radius 3 is 2.72 bits per heavy atom.